The number of carbonyl (C=O) groups is 2. The van der Waals surface area contributed by atoms with Crippen molar-refractivity contribution in [3.63, 3.8) is 0 Å². The molecule has 1 aliphatic carbocycles. The Morgan fingerprint density at radius 3 is 2.67 bits per heavy atom. The maximum atomic E-state index is 10.9. The van der Waals surface area contributed by atoms with Crippen molar-refractivity contribution >= 4 is 11.8 Å². The molecule has 1 aliphatic rings. The molecule has 1 N–H and O–H groups in total. The minimum Gasteiger partial charge on any atom is -0.481 e. The lowest BCUT2D eigenvalue weighted by molar-refractivity contribution is -0.147. The Morgan fingerprint density at radius 1 is 1.67 bits per heavy atom. The highest BCUT2D eigenvalue weighted by Crippen LogP contribution is 2.34. The normalized spacial score (nSPS) is 27.2. The first kappa shape index (κ1) is 8.97. The summed E-state index contributed by atoms with van der Waals surface area (Å²) in [6.45, 7) is 3.66. The summed E-state index contributed by atoms with van der Waals surface area (Å²) in [7, 11) is 0. The fourth-order valence-electron chi connectivity index (χ4n) is 1.36. The monoisotopic (exact) mass is 168 g/mol. The van der Waals surface area contributed by atoms with Crippen LogP contribution in [0.4, 0.5) is 0 Å². The zero-order valence-electron chi connectivity index (χ0n) is 7.20. The smallest absolute Gasteiger partial charge is 0.307 e. The van der Waals surface area contributed by atoms with Crippen LogP contribution in [0.2, 0.25) is 0 Å². The molecule has 0 fully saturated rings. The summed E-state index contributed by atoms with van der Waals surface area (Å²) in [5.41, 5.74) is -0.403. The number of carboxylic acid groups (broad SMARTS) is 1. The van der Waals surface area contributed by atoms with Crippen molar-refractivity contribution in [2.24, 2.45) is 11.3 Å². The first-order chi connectivity index (χ1) is 5.43. The first-order valence-corrected chi connectivity index (χ1v) is 3.88. The fraction of sp³-hybridized carbons (Fsp3) is 0.556. The number of carbonyl (C=O) groups excluding carboxylic acids is 1. The average molecular weight is 168 g/mol. The minimum absolute atomic E-state index is 0.0956. The topological polar surface area (TPSA) is 54.4 Å². The SMILES string of the molecule is CC1(C)C=CC(=O)C[C@H]1C(=O)O. The van der Waals surface area contributed by atoms with Gasteiger partial charge in [0.1, 0.15) is 0 Å². The van der Waals surface area contributed by atoms with Crippen molar-refractivity contribution in [3.8, 4) is 0 Å². The quantitative estimate of drug-likeness (QED) is 0.641. The number of hydrogen-bond donors (Lipinski definition) is 1. The van der Waals surface area contributed by atoms with Gasteiger partial charge in [-0.25, -0.2) is 0 Å². The molecule has 0 radical (unpaired) electrons. The molecule has 0 aromatic heterocycles. The van der Waals surface area contributed by atoms with Crippen molar-refractivity contribution in [3.05, 3.63) is 12.2 Å². The van der Waals surface area contributed by atoms with Gasteiger partial charge >= 0.3 is 5.97 Å². The van der Waals surface area contributed by atoms with E-state index in [0.717, 1.165) is 0 Å². The Hall–Kier alpha value is -1.12. The molecule has 0 saturated heterocycles. The highest BCUT2D eigenvalue weighted by molar-refractivity contribution is 5.94. The number of rotatable bonds is 1. The van der Waals surface area contributed by atoms with Crippen LogP contribution in [-0.2, 0) is 9.59 Å². The highest BCUT2D eigenvalue weighted by Gasteiger charge is 2.37. The van der Waals surface area contributed by atoms with Gasteiger partial charge in [0, 0.05) is 6.42 Å². The zero-order chi connectivity index (χ0) is 9.35. The van der Waals surface area contributed by atoms with Crippen LogP contribution in [0.3, 0.4) is 0 Å². The van der Waals surface area contributed by atoms with Crippen LogP contribution in [0.25, 0.3) is 0 Å². The number of hydrogen-bond acceptors (Lipinski definition) is 2. The second-order valence-electron chi connectivity index (χ2n) is 3.72. The molecule has 0 unspecified atom stereocenters. The summed E-state index contributed by atoms with van der Waals surface area (Å²) < 4.78 is 0. The van der Waals surface area contributed by atoms with E-state index in [-0.39, 0.29) is 12.2 Å². The molecule has 0 aliphatic heterocycles. The lowest BCUT2D eigenvalue weighted by atomic mass is 9.73. The predicted molar refractivity (Wildman–Crippen MR) is 43.7 cm³/mol. The van der Waals surface area contributed by atoms with Gasteiger partial charge in [-0.05, 0) is 11.5 Å². The minimum atomic E-state index is -0.891. The summed E-state index contributed by atoms with van der Waals surface area (Å²) in [6, 6.07) is 0. The van der Waals surface area contributed by atoms with Crippen molar-refractivity contribution in [1.82, 2.24) is 0 Å². The Kier molecular flexibility index (Phi) is 2.04. The van der Waals surface area contributed by atoms with Crippen molar-refractivity contribution < 1.29 is 14.7 Å². The Balaban J connectivity index is 2.94. The molecular weight excluding hydrogens is 156 g/mol. The van der Waals surface area contributed by atoms with Crippen LogP contribution < -0.4 is 0 Å². The van der Waals surface area contributed by atoms with Gasteiger partial charge < -0.3 is 5.11 Å². The summed E-state index contributed by atoms with van der Waals surface area (Å²) in [5, 5.41) is 8.81. The maximum Gasteiger partial charge on any atom is 0.307 e. The Labute approximate surface area is 71.1 Å². The molecule has 0 spiro atoms. The molecule has 0 amide bonds. The maximum absolute atomic E-state index is 10.9. The molecule has 1 rings (SSSR count). The van der Waals surface area contributed by atoms with Crippen LogP contribution in [0.1, 0.15) is 20.3 Å². The number of ketones is 1. The van der Waals surface area contributed by atoms with Gasteiger partial charge in [0.25, 0.3) is 0 Å². The van der Waals surface area contributed by atoms with Crippen LogP contribution in [0.5, 0.6) is 0 Å². The molecular formula is C9H12O3. The zero-order valence-corrected chi connectivity index (χ0v) is 7.20. The third kappa shape index (κ3) is 1.55. The third-order valence-electron chi connectivity index (χ3n) is 2.30. The molecule has 12 heavy (non-hydrogen) atoms. The summed E-state index contributed by atoms with van der Waals surface area (Å²) in [4.78, 5) is 21.6. The van der Waals surface area contributed by atoms with Crippen LogP contribution in [0, 0.1) is 11.3 Å². The first-order valence-electron chi connectivity index (χ1n) is 3.88. The van der Waals surface area contributed by atoms with E-state index < -0.39 is 17.3 Å². The predicted octanol–water partition coefficient (Wildman–Crippen LogP) is 1.24. The highest BCUT2D eigenvalue weighted by atomic mass is 16.4. The standard InChI is InChI=1S/C9H12O3/c1-9(2)4-3-6(10)5-7(9)8(11)12/h3-4,7H,5H2,1-2H3,(H,11,12)/t7-/m0/s1. The fourth-order valence-corrected chi connectivity index (χ4v) is 1.36. The van der Waals surface area contributed by atoms with Crippen molar-refractivity contribution in [2.45, 2.75) is 20.3 Å². The van der Waals surface area contributed by atoms with E-state index in [1.54, 1.807) is 6.08 Å². The van der Waals surface area contributed by atoms with Gasteiger partial charge in [-0.15, -0.1) is 0 Å². The summed E-state index contributed by atoms with van der Waals surface area (Å²) >= 11 is 0. The van der Waals surface area contributed by atoms with E-state index >= 15 is 0 Å². The number of carboxylic acids is 1. The largest absolute Gasteiger partial charge is 0.481 e. The molecule has 3 heteroatoms. The molecule has 0 heterocycles. The van der Waals surface area contributed by atoms with Crippen molar-refractivity contribution in [2.75, 3.05) is 0 Å². The van der Waals surface area contributed by atoms with Crippen LogP contribution >= 0.6 is 0 Å². The third-order valence-corrected chi connectivity index (χ3v) is 2.30. The van der Waals surface area contributed by atoms with Crippen LogP contribution in [-0.4, -0.2) is 16.9 Å². The second kappa shape index (κ2) is 2.73. The summed E-state index contributed by atoms with van der Waals surface area (Å²) in [5.74, 6) is -1.56. The van der Waals surface area contributed by atoms with E-state index in [1.807, 2.05) is 13.8 Å². The lowest BCUT2D eigenvalue weighted by Crippen LogP contribution is -2.34. The molecule has 0 aromatic carbocycles. The van der Waals surface area contributed by atoms with Gasteiger partial charge in [0.2, 0.25) is 0 Å². The second-order valence-corrected chi connectivity index (χ2v) is 3.72. The van der Waals surface area contributed by atoms with Gasteiger partial charge in [-0.3, -0.25) is 9.59 Å². The Bertz CT molecular complexity index is 250. The van der Waals surface area contributed by atoms with Crippen molar-refractivity contribution in [1.29, 1.82) is 0 Å². The van der Waals surface area contributed by atoms with E-state index in [2.05, 4.69) is 0 Å². The van der Waals surface area contributed by atoms with E-state index in [0.29, 0.717) is 0 Å². The molecule has 0 saturated carbocycles. The molecule has 0 bridgehead atoms. The number of aliphatic carboxylic acids is 1. The van der Waals surface area contributed by atoms with E-state index in [9.17, 15) is 9.59 Å². The Morgan fingerprint density at radius 2 is 2.25 bits per heavy atom. The average Bonchev–Trinajstić information content (AvgIpc) is 1.94. The lowest BCUT2D eigenvalue weighted by Gasteiger charge is -2.30. The summed E-state index contributed by atoms with van der Waals surface area (Å²) in [6.07, 6.45) is 3.27. The number of allylic oxidation sites excluding steroid dienone is 2. The van der Waals surface area contributed by atoms with E-state index in [4.69, 9.17) is 5.11 Å². The molecule has 0 aromatic rings. The van der Waals surface area contributed by atoms with Crippen LogP contribution in [0.15, 0.2) is 12.2 Å². The van der Waals surface area contributed by atoms with Gasteiger partial charge in [-0.1, -0.05) is 19.9 Å². The van der Waals surface area contributed by atoms with Gasteiger partial charge in [0.05, 0.1) is 5.92 Å². The van der Waals surface area contributed by atoms with Gasteiger partial charge in [0.15, 0.2) is 5.78 Å². The molecule has 3 nitrogen and oxygen atoms in total. The van der Waals surface area contributed by atoms with Gasteiger partial charge in [-0.2, -0.15) is 0 Å². The molecule has 66 valence electrons. The van der Waals surface area contributed by atoms with E-state index in [1.165, 1.54) is 6.08 Å². The molecule has 1 atom stereocenters.